The first kappa shape index (κ1) is 28.1. The van der Waals surface area contributed by atoms with E-state index in [-0.39, 0.29) is 0 Å². The molecule has 0 saturated carbocycles. The van der Waals surface area contributed by atoms with Crippen molar-refractivity contribution < 1.29 is 0 Å². The standard InChI is InChI=1S/C48H28S2/c1-2-11-30(12-3-1)46-38-14-6-8-16-40(38)47(41-17-9-7-15-39(41)46)33-21-24-36-35-22-19-31(26-43(35)49-44(36)28-33)32-20-23-37-42-25-18-29-10-4-5-13-34(29)48(42)50-45(37)27-32/h1-28H. The van der Waals surface area contributed by atoms with Crippen LogP contribution in [-0.2, 0) is 0 Å². The van der Waals surface area contributed by atoms with Gasteiger partial charge in [-0.1, -0.05) is 152 Å². The zero-order chi connectivity index (χ0) is 32.8. The molecule has 0 nitrogen and oxygen atoms in total. The monoisotopic (exact) mass is 668 g/mol. The van der Waals surface area contributed by atoms with Gasteiger partial charge in [0.2, 0.25) is 0 Å². The molecular formula is C48H28S2. The molecule has 0 bridgehead atoms. The molecule has 0 N–H and O–H groups in total. The average molecular weight is 669 g/mol. The van der Waals surface area contributed by atoms with Crippen molar-refractivity contribution in [3.63, 3.8) is 0 Å². The predicted molar refractivity (Wildman–Crippen MR) is 221 cm³/mol. The van der Waals surface area contributed by atoms with Crippen molar-refractivity contribution in [1.82, 2.24) is 0 Å². The summed E-state index contributed by atoms with van der Waals surface area (Å²) in [7, 11) is 0. The maximum Gasteiger partial charge on any atom is 0.0433 e. The summed E-state index contributed by atoms with van der Waals surface area (Å²) in [4.78, 5) is 0. The SMILES string of the molecule is c1ccc(-c2c3ccccc3c(-c3ccc4c(c3)sc3cc(-c5ccc6c(c5)sc5c7ccccc7ccc65)ccc34)c3ccccc23)cc1. The van der Waals surface area contributed by atoms with Gasteiger partial charge in [-0.3, -0.25) is 0 Å². The van der Waals surface area contributed by atoms with Crippen LogP contribution in [0.25, 0.3) is 106 Å². The van der Waals surface area contributed by atoms with Crippen LogP contribution in [0.4, 0.5) is 0 Å². The molecule has 9 aromatic carbocycles. The molecule has 2 aromatic heterocycles. The Bertz CT molecular complexity index is 3080. The van der Waals surface area contributed by atoms with Gasteiger partial charge in [0.15, 0.2) is 0 Å². The van der Waals surface area contributed by atoms with Gasteiger partial charge in [-0.05, 0) is 83.9 Å². The molecule has 232 valence electrons. The molecule has 0 aliphatic heterocycles. The lowest BCUT2D eigenvalue weighted by atomic mass is 9.86. The van der Waals surface area contributed by atoms with Crippen LogP contribution >= 0.6 is 22.7 Å². The fourth-order valence-corrected chi connectivity index (χ4v) is 10.6. The highest BCUT2D eigenvalue weighted by Gasteiger charge is 2.18. The second-order valence-corrected chi connectivity index (χ2v) is 15.3. The van der Waals surface area contributed by atoms with E-state index in [0.717, 1.165) is 0 Å². The molecule has 0 spiro atoms. The average Bonchev–Trinajstić information content (AvgIpc) is 3.74. The summed E-state index contributed by atoms with van der Waals surface area (Å²) in [5, 5.41) is 13.1. The molecule has 11 rings (SSSR count). The Morgan fingerprint density at radius 1 is 0.260 bits per heavy atom. The lowest BCUT2D eigenvalue weighted by Gasteiger charge is -2.17. The third-order valence-electron chi connectivity index (χ3n) is 10.5. The van der Waals surface area contributed by atoms with E-state index in [0.29, 0.717) is 0 Å². The fourth-order valence-electron chi connectivity index (χ4n) is 8.15. The smallest absolute Gasteiger partial charge is 0.0433 e. The van der Waals surface area contributed by atoms with Crippen LogP contribution in [0.3, 0.4) is 0 Å². The topological polar surface area (TPSA) is 0 Å². The summed E-state index contributed by atoms with van der Waals surface area (Å²) in [6.45, 7) is 0. The van der Waals surface area contributed by atoms with Crippen molar-refractivity contribution in [3.8, 4) is 33.4 Å². The first-order valence-electron chi connectivity index (χ1n) is 17.1. The highest BCUT2D eigenvalue weighted by atomic mass is 32.1. The maximum absolute atomic E-state index is 2.42. The van der Waals surface area contributed by atoms with Crippen molar-refractivity contribution in [1.29, 1.82) is 0 Å². The number of thiophene rings is 2. The summed E-state index contributed by atoms with van der Waals surface area (Å²) in [6.07, 6.45) is 0. The predicted octanol–water partition coefficient (Wildman–Crippen LogP) is 14.9. The van der Waals surface area contributed by atoms with Gasteiger partial charge in [0.05, 0.1) is 0 Å². The number of benzene rings is 9. The van der Waals surface area contributed by atoms with Crippen LogP contribution in [0.5, 0.6) is 0 Å². The number of hydrogen-bond donors (Lipinski definition) is 0. The van der Waals surface area contributed by atoms with Crippen LogP contribution in [0.1, 0.15) is 0 Å². The zero-order valence-electron chi connectivity index (χ0n) is 27.0. The Morgan fingerprint density at radius 2 is 0.700 bits per heavy atom. The van der Waals surface area contributed by atoms with E-state index >= 15 is 0 Å². The van der Waals surface area contributed by atoms with Gasteiger partial charge in [0.25, 0.3) is 0 Å². The molecule has 0 atom stereocenters. The Hall–Kier alpha value is -5.80. The molecule has 0 unspecified atom stereocenters. The minimum atomic E-state index is 1.25. The summed E-state index contributed by atoms with van der Waals surface area (Å²) in [5.41, 5.74) is 7.66. The van der Waals surface area contributed by atoms with Crippen LogP contribution in [0.2, 0.25) is 0 Å². The summed E-state index contributed by atoms with van der Waals surface area (Å²) in [5.74, 6) is 0. The second-order valence-electron chi connectivity index (χ2n) is 13.2. The molecule has 0 aliphatic carbocycles. The van der Waals surface area contributed by atoms with Crippen LogP contribution in [-0.4, -0.2) is 0 Å². The molecule has 11 aromatic rings. The fraction of sp³-hybridized carbons (Fsp3) is 0. The Kier molecular flexibility index (Phi) is 6.09. The van der Waals surface area contributed by atoms with E-state index in [2.05, 4.69) is 170 Å². The molecule has 50 heavy (non-hydrogen) atoms. The van der Waals surface area contributed by atoms with E-state index in [9.17, 15) is 0 Å². The number of rotatable bonds is 3. The van der Waals surface area contributed by atoms with Gasteiger partial charge >= 0.3 is 0 Å². The minimum absolute atomic E-state index is 1.25. The van der Waals surface area contributed by atoms with Gasteiger partial charge in [-0.25, -0.2) is 0 Å². The Labute approximate surface area is 297 Å². The first-order valence-corrected chi connectivity index (χ1v) is 18.7. The first-order chi connectivity index (χ1) is 24.8. The van der Waals surface area contributed by atoms with Gasteiger partial charge in [-0.2, -0.15) is 0 Å². The van der Waals surface area contributed by atoms with Crippen LogP contribution < -0.4 is 0 Å². The largest absolute Gasteiger partial charge is 0.135 e. The van der Waals surface area contributed by atoms with E-state index in [4.69, 9.17) is 0 Å². The molecule has 2 heterocycles. The summed E-state index contributed by atoms with van der Waals surface area (Å²) >= 11 is 3.81. The van der Waals surface area contributed by atoms with E-state index < -0.39 is 0 Å². The highest BCUT2D eigenvalue weighted by molar-refractivity contribution is 7.27. The van der Waals surface area contributed by atoms with Crippen molar-refractivity contribution in [3.05, 3.63) is 170 Å². The summed E-state index contributed by atoms with van der Waals surface area (Å²) in [6, 6.07) is 63.0. The van der Waals surface area contributed by atoms with Gasteiger partial charge in [0.1, 0.15) is 0 Å². The lowest BCUT2D eigenvalue weighted by molar-refractivity contribution is 1.66. The van der Waals surface area contributed by atoms with E-state index in [1.54, 1.807) is 0 Å². The molecule has 0 fully saturated rings. The normalized spacial score (nSPS) is 12.0. The zero-order valence-corrected chi connectivity index (χ0v) is 28.6. The van der Waals surface area contributed by atoms with Crippen molar-refractivity contribution in [2.75, 3.05) is 0 Å². The van der Waals surface area contributed by atoms with Gasteiger partial charge < -0.3 is 0 Å². The molecular weight excluding hydrogens is 641 g/mol. The molecule has 0 saturated heterocycles. The molecule has 2 heteroatoms. The minimum Gasteiger partial charge on any atom is -0.135 e. The molecule has 0 aliphatic rings. The van der Waals surface area contributed by atoms with Crippen LogP contribution in [0, 0.1) is 0 Å². The third kappa shape index (κ3) is 4.16. The van der Waals surface area contributed by atoms with Gasteiger partial charge in [-0.15, -0.1) is 22.7 Å². The Morgan fingerprint density at radius 3 is 1.32 bits per heavy atom. The second kappa shape index (κ2) is 10.9. The highest BCUT2D eigenvalue weighted by Crippen LogP contribution is 2.46. The maximum atomic E-state index is 2.42. The molecule has 0 radical (unpaired) electrons. The van der Waals surface area contributed by atoms with Crippen LogP contribution in [0.15, 0.2) is 170 Å². The number of hydrogen-bond acceptors (Lipinski definition) is 2. The Balaban J connectivity index is 1.06. The van der Waals surface area contributed by atoms with E-state index in [1.807, 2.05) is 22.7 Å². The van der Waals surface area contributed by atoms with Gasteiger partial charge in [0, 0.05) is 40.3 Å². The van der Waals surface area contributed by atoms with Crippen molar-refractivity contribution in [2.24, 2.45) is 0 Å². The molecule has 0 amide bonds. The van der Waals surface area contributed by atoms with Crippen molar-refractivity contribution in [2.45, 2.75) is 0 Å². The third-order valence-corrected chi connectivity index (χ3v) is 12.8. The quantitative estimate of drug-likeness (QED) is 0.164. The summed E-state index contributed by atoms with van der Waals surface area (Å²) < 4.78 is 5.36. The van der Waals surface area contributed by atoms with E-state index in [1.165, 1.54) is 106 Å². The van der Waals surface area contributed by atoms with Crippen molar-refractivity contribution >= 4 is 95.3 Å². The number of fused-ring (bicyclic) bond motifs is 10. The lowest BCUT2D eigenvalue weighted by Crippen LogP contribution is -1.90.